The predicted octanol–water partition coefficient (Wildman–Crippen LogP) is 5.23. The molecule has 3 rings (SSSR count). The lowest BCUT2D eigenvalue weighted by Gasteiger charge is -2.10. The summed E-state index contributed by atoms with van der Waals surface area (Å²) >= 11 is 13.3. The number of hydrogen-bond donors (Lipinski definition) is 1. The number of hydrogen-bond acceptors (Lipinski definition) is 5. The van der Waals surface area contributed by atoms with E-state index in [4.69, 9.17) is 27.7 Å². The fraction of sp³-hybridized carbons (Fsp3) is 0.118. The molecule has 1 N–H and O–H groups in total. The molecule has 0 bridgehead atoms. The zero-order chi connectivity index (χ0) is 17.8. The maximum Gasteiger partial charge on any atom is 0.256 e. The highest BCUT2D eigenvalue weighted by Crippen LogP contribution is 2.28. The van der Waals surface area contributed by atoms with Gasteiger partial charge in [0.1, 0.15) is 0 Å². The molecule has 2 aromatic carbocycles. The number of benzene rings is 2. The van der Waals surface area contributed by atoms with E-state index in [9.17, 15) is 4.79 Å². The Kier molecular flexibility index (Phi) is 5.63. The Hall–Kier alpha value is -2.02. The van der Waals surface area contributed by atoms with Crippen molar-refractivity contribution in [2.24, 2.45) is 0 Å². The Labute approximate surface area is 158 Å². The molecule has 0 spiro atoms. The van der Waals surface area contributed by atoms with Gasteiger partial charge in [0, 0.05) is 17.5 Å². The second-order valence-electron chi connectivity index (χ2n) is 5.10. The average Bonchev–Trinajstić information content (AvgIpc) is 3.02. The number of nitrogens with one attached hydrogen (secondary N) is 1. The predicted molar refractivity (Wildman–Crippen MR) is 99.5 cm³/mol. The Morgan fingerprint density at radius 3 is 2.72 bits per heavy atom. The average molecular weight is 394 g/mol. The van der Waals surface area contributed by atoms with E-state index in [1.54, 1.807) is 31.2 Å². The van der Waals surface area contributed by atoms with E-state index in [2.05, 4.69) is 15.5 Å². The molecule has 0 aliphatic carbocycles. The number of carbonyl (C=O) groups is 1. The van der Waals surface area contributed by atoms with E-state index < -0.39 is 0 Å². The van der Waals surface area contributed by atoms with Crippen LogP contribution in [-0.4, -0.2) is 16.0 Å². The molecule has 0 fully saturated rings. The number of nitrogens with zero attached hydrogens (tertiary/aromatic N) is 2. The van der Waals surface area contributed by atoms with Crippen molar-refractivity contribution < 1.29 is 9.32 Å². The molecule has 128 valence electrons. The number of rotatable bonds is 5. The molecule has 0 unspecified atom stereocenters. The topological polar surface area (TPSA) is 68.0 Å². The molecular weight excluding hydrogens is 381 g/mol. The van der Waals surface area contributed by atoms with Gasteiger partial charge in [0.15, 0.2) is 5.82 Å². The molecule has 0 saturated carbocycles. The number of aryl methyl sites for hydroxylation is 1. The van der Waals surface area contributed by atoms with Gasteiger partial charge in [-0.1, -0.05) is 40.5 Å². The largest absolute Gasteiger partial charge is 0.340 e. The highest BCUT2D eigenvalue weighted by molar-refractivity contribution is 7.98. The van der Waals surface area contributed by atoms with Gasteiger partial charge in [-0.15, -0.1) is 11.8 Å². The summed E-state index contributed by atoms with van der Waals surface area (Å²) in [5.41, 5.74) is 1.13. The third-order valence-corrected chi connectivity index (χ3v) is 5.04. The first-order valence-corrected chi connectivity index (χ1v) is 9.04. The van der Waals surface area contributed by atoms with Crippen molar-refractivity contribution in [3.05, 3.63) is 69.8 Å². The first kappa shape index (κ1) is 17.8. The van der Waals surface area contributed by atoms with Crippen LogP contribution >= 0.6 is 35.0 Å². The first-order chi connectivity index (χ1) is 12.0. The van der Waals surface area contributed by atoms with Crippen molar-refractivity contribution >= 4 is 46.6 Å². The van der Waals surface area contributed by atoms with Gasteiger partial charge in [-0.05, 0) is 30.3 Å². The normalized spacial score (nSPS) is 10.7. The maximum atomic E-state index is 12.6. The summed E-state index contributed by atoms with van der Waals surface area (Å²) in [7, 11) is 0. The van der Waals surface area contributed by atoms with Crippen LogP contribution in [-0.2, 0) is 5.75 Å². The quantitative estimate of drug-likeness (QED) is 0.601. The molecule has 5 nitrogen and oxygen atoms in total. The second-order valence-corrected chi connectivity index (χ2v) is 6.93. The molecule has 1 amide bonds. The van der Waals surface area contributed by atoms with Gasteiger partial charge in [-0.25, -0.2) is 0 Å². The Balaban J connectivity index is 1.74. The molecule has 0 aliphatic rings. The smallest absolute Gasteiger partial charge is 0.256 e. The summed E-state index contributed by atoms with van der Waals surface area (Å²) in [4.78, 5) is 17.6. The van der Waals surface area contributed by atoms with E-state index in [-0.39, 0.29) is 5.91 Å². The summed E-state index contributed by atoms with van der Waals surface area (Å²) in [5, 5.41) is 7.50. The lowest BCUT2D eigenvalue weighted by molar-refractivity contribution is 0.102. The maximum absolute atomic E-state index is 12.6. The van der Waals surface area contributed by atoms with Crippen molar-refractivity contribution in [3.8, 4) is 0 Å². The molecule has 1 aromatic heterocycles. The highest BCUT2D eigenvalue weighted by atomic mass is 35.5. The Morgan fingerprint density at radius 2 is 2.00 bits per heavy atom. The zero-order valence-electron chi connectivity index (χ0n) is 13.1. The van der Waals surface area contributed by atoms with Crippen LogP contribution < -0.4 is 5.32 Å². The van der Waals surface area contributed by atoms with Crippen molar-refractivity contribution in [2.75, 3.05) is 5.32 Å². The van der Waals surface area contributed by atoms with Crippen molar-refractivity contribution in [1.82, 2.24) is 10.1 Å². The molecule has 0 aliphatic heterocycles. The molecule has 0 saturated heterocycles. The van der Waals surface area contributed by atoms with E-state index >= 15 is 0 Å². The van der Waals surface area contributed by atoms with Crippen LogP contribution in [0.1, 0.15) is 22.1 Å². The number of amides is 1. The summed E-state index contributed by atoms with van der Waals surface area (Å²) in [6.07, 6.45) is 0. The number of halogens is 2. The number of thioether (sulfide) groups is 1. The molecule has 3 aromatic rings. The molecule has 8 heteroatoms. The molecule has 1 heterocycles. The van der Waals surface area contributed by atoms with Gasteiger partial charge in [0.25, 0.3) is 5.91 Å². The van der Waals surface area contributed by atoms with Gasteiger partial charge < -0.3 is 9.84 Å². The summed E-state index contributed by atoms with van der Waals surface area (Å²) in [6.45, 7) is 1.74. The van der Waals surface area contributed by atoms with Crippen molar-refractivity contribution in [3.63, 3.8) is 0 Å². The third kappa shape index (κ3) is 4.54. The fourth-order valence-corrected chi connectivity index (χ4v) is 3.29. The van der Waals surface area contributed by atoms with Crippen LogP contribution in [0.25, 0.3) is 0 Å². The Bertz CT molecular complexity index is 914. The van der Waals surface area contributed by atoms with E-state index in [0.717, 1.165) is 4.90 Å². The number of carbonyl (C=O) groups excluding carboxylic acids is 1. The minimum absolute atomic E-state index is 0.231. The van der Waals surface area contributed by atoms with Crippen LogP contribution in [0.2, 0.25) is 10.0 Å². The standard InChI is InChI=1S/C17H13Cl2N3O2S/c1-10-20-16(22-24-10)9-25-15-5-3-2-4-12(15)17(23)21-11-6-7-13(18)14(19)8-11/h2-8H,9H2,1H3,(H,21,23). The SMILES string of the molecule is Cc1nc(CSc2ccccc2C(=O)Nc2ccc(Cl)c(Cl)c2)no1. The van der Waals surface area contributed by atoms with Gasteiger partial charge in [-0.2, -0.15) is 4.98 Å². The van der Waals surface area contributed by atoms with Gasteiger partial charge in [0.2, 0.25) is 5.89 Å². The lowest BCUT2D eigenvalue weighted by Crippen LogP contribution is -2.13. The van der Waals surface area contributed by atoms with Gasteiger partial charge in [-0.3, -0.25) is 4.79 Å². The number of anilines is 1. The van der Waals surface area contributed by atoms with Crippen LogP contribution in [0.15, 0.2) is 51.9 Å². The van der Waals surface area contributed by atoms with Crippen LogP contribution in [0.5, 0.6) is 0 Å². The van der Waals surface area contributed by atoms with Gasteiger partial charge >= 0.3 is 0 Å². The molecule has 25 heavy (non-hydrogen) atoms. The van der Waals surface area contributed by atoms with E-state index in [0.29, 0.717) is 38.8 Å². The first-order valence-electron chi connectivity index (χ1n) is 7.30. The number of aromatic nitrogens is 2. The minimum Gasteiger partial charge on any atom is -0.340 e. The summed E-state index contributed by atoms with van der Waals surface area (Å²) < 4.78 is 4.95. The molecular formula is C17H13Cl2N3O2S. The van der Waals surface area contributed by atoms with E-state index in [1.807, 2.05) is 18.2 Å². The third-order valence-electron chi connectivity index (χ3n) is 3.24. The van der Waals surface area contributed by atoms with Crippen molar-refractivity contribution in [2.45, 2.75) is 17.6 Å². The van der Waals surface area contributed by atoms with E-state index in [1.165, 1.54) is 11.8 Å². The summed E-state index contributed by atoms with van der Waals surface area (Å²) in [5.74, 6) is 1.38. The fourth-order valence-electron chi connectivity index (χ4n) is 2.09. The highest BCUT2D eigenvalue weighted by Gasteiger charge is 2.13. The van der Waals surface area contributed by atoms with Crippen LogP contribution in [0, 0.1) is 6.92 Å². The lowest BCUT2D eigenvalue weighted by atomic mass is 10.2. The summed E-state index contributed by atoms with van der Waals surface area (Å²) in [6, 6.07) is 12.3. The molecule has 0 radical (unpaired) electrons. The Morgan fingerprint density at radius 1 is 1.20 bits per heavy atom. The zero-order valence-corrected chi connectivity index (χ0v) is 15.5. The van der Waals surface area contributed by atoms with Crippen LogP contribution in [0.4, 0.5) is 5.69 Å². The minimum atomic E-state index is -0.231. The van der Waals surface area contributed by atoms with Crippen LogP contribution in [0.3, 0.4) is 0 Å². The molecule has 0 atom stereocenters. The monoisotopic (exact) mass is 393 g/mol. The van der Waals surface area contributed by atoms with Crippen molar-refractivity contribution in [1.29, 1.82) is 0 Å². The van der Waals surface area contributed by atoms with Gasteiger partial charge in [0.05, 0.1) is 21.4 Å². The second kappa shape index (κ2) is 7.91.